The minimum Gasteiger partial charge on any atom is -0.469 e. The Kier molecular flexibility index (Phi) is 2.54. The summed E-state index contributed by atoms with van der Waals surface area (Å²) in [5.41, 5.74) is 0. The molecule has 0 heterocycles. The summed E-state index contributed by atoms with van der Waals surface area (Å²) in [7, 11) is 1.49. The van der Waals surface area contributed by atoms with E-state index in [1.54, 1.807) is 0 Å². The van der Waals surface area contributed by atoms with Gasteiger partial charge in [-0.3, -0.25) is 4.79 Å². The van der Waals surface area contributed by atoms with Gasteiger partial charge in [-0.15, -0.1) is 0 Å². The van der Waals surface area contributed by atoms with E-state index in [2.05, 4.69) is 13.8 Å². The van der Waals surface area contributed by atoms with Gasteiger partial charge in [-0.1, -0.05) is 13.8 Å². The smallest absolute Gasteiger partial charge is 0.305 e. The van der Waals surface area contributed by atoms with Crippen molar-refractivity contribution in [2.24, 2.45) is 29.6 Å². The van der Waals surface area contributed by atoms with Gasteiger partial charge in [-0.2, -0.15) is 0 Å². The van der Waals surface area contributed by atoms with E-state index < -0.39 is 0 Å². The first-order chi connectivity index (χ1) is 6.63. The van der Waals surface area contributed by atoms with Crippen LogP contribution in [-0.2, 0) is 9.53 Å². The molecule has 2 bridgehead atoms. The fraction of sp³-hybridized carbons (Fsp3) is 0.917. The molecule has 0 aromatic heterocycles. The highest BCUT2D eigenvalue weighted by Gasteiger charge is 2.48. The monoisotopic (exact) mass is 196 g/mol. The van der Waals surface area contributed by atoms with E-state index in [4.69, 9.17) is 4.74 Å². The molecular formula is C12H20O2. The molecule has 80 valence electrons. The summed E-state index contributed by atoms with van der Waals surface area (Å²) in [6.07, 6.45) is 3.25. The first-order valence-electron chi connectivity index (χ1n) is 5.70. The second-order valence-corrected chi connectivity index (χ2v) is 5.15. The number of carbonyl (C=O) groups excluding carboxylic acids is 1. The van der Waals surface area contributed by atoms with Crippen LogP contribution in [0.4, 0.5) is 0 Å². The van der Waals surface area contributed by atoms with Crippen LogP contribution in [0.5, 0.6) is 0 Å². The average Bonchev–Trinajstić information content (AvgIpc) is 2.68. The average molecular weight is 196 g/mol. The first kappa shape index (κ1) is 10.0. The summed E-state index contributed by atoms with van der Waals surface area (Å²) in [4.78, 5) is 11.2. The van der Waals surface area contributed by atoms with Gasteiger partial charge in [-0.25, -0.2) is 0 Å². The molecule has 0 aromatic rings. The SMILES string of the molecule is COC(=O)CC1CC2CC1C(C)C2C. The van der Waals surface area contributed by atoms with Crippen molar-refractivity contribution >= 4 is 5.97 Å². The van der Waals surface area contributed by atoms with Crippen LogP contribution in [0.15, 0.2) is 0 Å². The van der Waals surface area contributed by atoms with Crippen LogP contribution in [0.2, 0.25) is 0 Å². The van der Waals surface area contributed by atoms with Crippen LogP contribution in [0.1, 0.15) is 33.1 Å². The first-order valence-corrected chi connectivity index (χ1v) is 5.70. The Hall–Kier alpha value is -0.530. The molecule has 0 spiro atoms. The van der Waals surface area contributed by atoms with E-state index >= 15 is 0 Å². The van der Waals surface area contributed by atoms with Gasteiger partial charge in [0.15, 0.2) is 0 Å². The standard InChI is InChI=1S/C12H20O2/c1-7-8(2)11-5-9(7)4-10(11)6-12(13)14-3/h7-11H,4-6H2,1-3H3. The highest BCUT2D eigenvalue weighted by atomic mass is 16.5. The van der Waals surface area contributed by atoms with Crippen molar-refractivity contribution in [2.45, 2.75) is 33.1 Å². The van der Waals surface area contributed by atoms with Crippen LogP contribution in [0.3, 0.4) is 0 Å². The third-order valence-electron chi connectivity index (χ3n) is 4.69. The molecular weight excluding hydrogens is 176 g/mol. The Labute approximate surface area is 86.0 Å². The summed E-state index contributed by atoms with van der Waals surface area (Å²) in [5, 5.41) is 0. The van der Waals surface area contributed by atoms with Crippen LogP contribution in [0, 0.1) is 29.6 Å². The second-order valence-electron chi connectivity index (χ2n) is 5.15. The van der Waals surface area contributed by atoms with E-state index in [9.17, 15) is 4.79 Å². The number of methoxy groups -OCH3 is 1. The molecule has 0 amide bonds. The summed E-state index contributed by atoms with van der Waals surface area (Å²) in [6, 6.07) is 0. The number of fused-ring (bicyclic) bond motifs is 2. The zero-order valence-corrected chi connectivity index (χ0v) is 9.32. The number of hydrogen-bond donors (Lipinski definition) is 0. The van der Waals surface area contributed by atoms with Gasteiger partial charge in [0.25, 0.3) is 0 Å². The second kappa shape index (κ2) is 3.56. The number of esters is 1. The van der Waals surface area contributed by atoms with Crippen molar-refractivity contribution in [2.75, 3.05) is 7.11 Å². The lowest BCUT2D eigenvalue weighted by Crippen LogP contribution is -2.26. The van der Waals surface area contributed by atoms with Crippen molar-refractivity contribution in [3.63, 3.8) is 0 Å². The summed E-state index contributed by atoms with van der Waals surface area (Å²) in [6.45, 7) is 4.71. The largest absolute Gasteiger partial charge is 0.469 e. The van der Waals surface area contributed by atoms with Crippen molar-refractivity contribution in [1.29, 1.82) is 0 Å². The van der Waals surface area contributed by atoms with Crippen LogP contribution >= 0.6 is 0 Å². The third-order valence-corrected chi connectivity index (χ3v) is 4.69. The predicted octanol–water partition coefficient (Wildman–Crippen LogP) is 2.48. The fourth-order valence-corrected chi connectivity index (χ4v) is 3.63. The molecule has 0 N–H and O–H groups in total. The number of ether oxygens (including phenoxy) is 1. The fourth-order valence-electron chi connectivity index (χ4n) is 3.63. The van der Waals surface area contributed by atoms with Crippen LogP contribution in [0.25, 0.3) is 0 Å². The maximum absolute atomic E-state index is 11.2. The quantitative estimate of drug-likeness (QED) is 0.634. The van der Waals surface area contributed by atoms with E-state index in [1.807, 2.05) is 0 Å². The topological polar surface area (TPSA) is 26.3 Å². The summed E-state index contributed by atoms with van der Waals surface area (Å²) in [5.74, 6) is 3.93. The molecule has 2 fully saturated rings. The number of carbonyl (C=O) groups is 1. The molecule has 5 unspecified atom stereocenters. The van der Waals surface area contributed by atoms with E-state index in [1.165, 1.54) is 20.0 Å². The maximum Gasteiger partial charge on any atom is 0.305 e. The Balaban J connectivity index is 1.96. The minimum absolute atomic E-state index is 0.0256. The molecule has 0 aromatic carbocycles. The lowest BCUT2D eigenvalue weighted by atomic mass is 9.74. The maximum atomic E-state index is 11.2. The highest BCUT2D eigenvalue weighted by molar-refractivity contribution is 5.69. The van der Waals surface area contributed by atoms with Gasteiger partial charge >= 0.3 is 5.97 Å². The Morgan fingerprint density at radius 3 is 2.50 bits per heavy atom. The van der Waals surface area contributed by atoms with Gasteiger partial charge in [0, 0.05) is 6.42 Å². The van der Waals surface area contributed by atoms with Crippen LogP contribution < -0.4 is 0 Å². The van der Waals surface area contributed by atoms with E-state index in [-0.39, 0.29) is 5.97 Å². The van der Waals surface area contributed by atoms with Crippen LogP contribution in [-0.4, -0.2) is 13.1 Å². The molecule has 2 aliphatic rings. The molecule has 0 saturated heterocycles. The highest BCUT2D eigenvalue weighted by Crippen LogP contribution is 2.55. The van der Waals surface area contributed by atoms with Gasteiger partial charge in [0.1, 0.15) is 0 Å². The Morgan fingerprint density at radius 2 is 2.00 bits per heavy atom. The van der Waals surface area contributed by atoms with Crippen molar-refractivity contribution in [3.05, 3.63) is 0 Å². The predicted molar refractivity (Wildman–Crippen MR) is 54.7 cm³/mol. The number of rotatable bonds is 2. The minimum atomic E-state index is -0.0256. The Bertz CT molecular complexity index is 234. The Morgan fingerprint density at radius 1 is 1.29 bits per heavy atom. The molecule has 2 aliphatic carbocycles. The zero-order chi connectivity index (χ0) is 10.3. The molecule has 0 radical (unpaired) electrons. The molecule has 0 aliphatic heterocycles. The van der Waals surface area contributed by atoms with Gasteiger partial charge in [-0.05, 0) is 42.4 Å². The van der Waals surface area contributed by atoms with Crippen molar-refractivity contribution < 1.29 is 9.53 Å². The van der Waals surface area contributed by atoms with E-state index in [0.29, 0.717) is 12.3 Å². The zero-order valence-electron chi connectivity index (χ0n) is 9.32. The van der Waals surface area contributed by atoms with Gasteiger partial charge in [0.2, 0.25) is 0 Å². The molecule has 2 heteroatoms. The summed E-state index contributed by atoms with van der Waals surface area (Å²) >= 11 is 0. The molecule has 5 atom stereocenters. The van der Waals surface area contributed by atoms with Crippen molar-refractivity contribution in [3.8, 4) is 0 Å². The lowest BCUT2D eigenvalue weighted by Gasteiger charge is -2.31. The molecule has 2 saturated carbocycles. The van der Waals surface area contributed by atoms with Gasteiger partial charge in [0.05, 0.1) is 7.11 Å². The third kappa shape index (κ3) is 1.45. The lowest BCUT2D eigenvalue weighted by molar-refractivity contribution is -0.142. The normalized spacial score (nSPS) is 45.5. The molecule has 2 rings (SSSR count). The van der Waals surface area contributed by atoms with Gasteiger partial charge < -0.3 is 4.74 Å². The van der Waals surface area contributed by atoms with Crippen molar-refractivity contribution in [1.82, 2.24) is 0 Å². The molecule has 2 nitrogen and oxygen atoms in total. The molecule has 14 heavy (non-hydrogen) atoms. The van der Waals surface area contributed by atoms with E-state index in [0.717, 1.165) is 23.7 Å². The number of hydrogen-bond acceptors (Lipinski definition) is 2. The summed E-state index contributed by atoms with van der Waals surface area (Å²) < 4.78 is 4.74.